The average Bonchev–Trinajstić information content (AvgIpc) is 3.26. The minimum atomic E-state index is -0.752. The molecular formula is C19H23N3O5S. The fraction of sp³-hybridized carbons (Fsp3) is 0.316. The molecule has 0 saturated carbocycles. The van der Waals surface area contributed by atoms with Crippen LogP contribution in [0.4, 0.5) is 0 Å². The molecule has 0 aliphatic rings. The monoisotopic (exact) mass is 405 g/mol. The molecule has 3 amide bonds. The van der Waals surface area contributed by atoms with Gasteiger partial charge < -0.3 is 15.1 Å². The third-order valence-corrected chi connectivity index (χ3v) is 4.92. The number of nitrogens with one attached hydrogen (secondary N) is 3. The molecule has 1 heterocycles. The maximum Gasteiger partial charge on any atom is 0.287 e. The molecule has 1 atom stereocenters. The van der Waals surface area contributed by atoms with Gasteiger partial charge in [-0.25, -0.2) is 5.48 Å². The molecular weight excluding hydrogens is 382 g/mol. The molecule has 0 radical (unpaired) electrons. The molecule has 0 bridgehead atoms. The summed E-state index contributed by atoms with van der Waals surface area (Å²) < 4.78 is 5.07. The second-order valence-corrected chi connectivity index (χ2v) is 7.07. The van der Waals surface area contributed by atoms with Crippen LogP contribution in [0.1, 0.15) is 29.0 Å². The lowest BCUT2D eigenvalue weighted by molar-refractivity contribution is -0.129. The average molecular weight is 405 g/mol. The summed E-state index contributed by atoms with van der Waals surface area (Å²) in [6, 6.07) is 11.8. The highest BCUT2D eigenvalue weighted by molar-refractivity contribution is 7.99. The summed E-state index contributed by atoms with van der Waals surface area (Å²) in [5, 5.41) is 14.0. The molecule has 0 aliphatic carbocycles. The first kappa shape index (κ1) is 21.5. The lowest BCUT2D eigenvalue weighted by Gasteiger charge is -2.18. The van der Waals surface area contributed by atoms with Gasteiger partial charge >= 0.3 is 0 Å². The number of hydrogen-bond acceptors (Lipinski definition) is 6. The van der Waals surface area contributed by atoms with Gasteiger partial charge in [0.05, 0.1) is 6.26 Å². The topological polar surface area (TPSA) is 121 Å². The van der Waals surface area contributed by atoms with Gasteiger partial charge in [0.25, 0.3) is 5.91 Å². The highest BCUT2D eigenvalue weighted by Crippen LogP contribution is 2.09. The summed E-state index contributed by atoms with van der Waals surface area (Å²) in [6.45, 7) is 0.355. The van der Waals surface area contributed by atoms with Gasteiger partial charge in [-0.3, -0.25) is 19.6 Å². The van der Waals surface area contributed by atoms with Crippen LogP contribution < -0.4 is 16.1 Å². The Kier molecular flexibility index (Phi) is 9.09. The van der Waals surface area contributed by atoms with Crippen molar-refractivity contribution in [3.05, 3.63) is 60.1 Å². The Morgan fingerprint density at radius 2 is 1.89 bits per heavy atom. The first-order chi connectivity index (χ1) is 13.6. The molecule has 0 saturated heterocycles. The maximum atomic E-state index is 12.6. The van der Waals surface area contributed by atoms with Gasteiger partial charge in [0, 0.05) is 18.7 Å². The zero-order chi connectivity index (χ0) is 20.2. The van der Waals surface area contributed by atoms with Gasteiger partial charge in [0.2, 0.25) is 11.8 Å². The van der Waals surface area contributed by atoms with Gasteiger partial charge in [0.1, 0.15) is 6.04 Å². The molecule has 150 valence electrons. The first-order valence-corrected chi connectivity index (χ1v) is 9.92. The predicted molar refractivity (Wildman–Crippen MR) is 105 cm³/mol. The molecule has 1 aromatic carbocycles. The summed E-state index contributed by atoms with van der Waals surface area (Å²) >= 11 is 1.44. The molecule has 2 rings (SSSR count). The number of thioether (sulfide) groups is 1. The SMILES string of the molecule is O=C(CCCSC[C@H](NC(=O)c1ccco1)C(=O)NCc1ccccc1)NO. The lowest BCUT2D eigenvalue weighted by Crippen LogP contribution is -2.48. The number of carbonyl (C=O) groups excluding carboxylic acids is 3. The summed E-state index contributed by atoms with van der Waals surface area (Å²) in [7, 11) is 0. The van der Waals surface area contributed by atoms with Gasteiger partial charge in [-0.2, -0.15) is 11.8 Å². The number of furan rings is 1. The molecule has 0 aliphatic heterocycles. The van der Waals surface area contributed by atoms with E-state index in [1.807, 2.05) is 30.3 Å². The number of amides is 3. The highest BCUT2D eigenvalue weighted by atomic mass is 32.2. The zero-order valence-corrected chi connectivity index (χ0v) is 16.0. The summed E-state index contributed by atoms with van der Waals surface area (Å²) in [5.74, 6) is -0.149. The van der Waals surface area contributed by atoms with Crippen molar-refractivity contribution >= 4 is 29.5 Å². The van der Waals surface area contributed by atoms with Crippen molar-refractivity contribution < 1.29 is 24.0 Å². The number of hydroxylamine groups is 1. The normalized spacial score (nSPS) is 11.5. The second kappa shape index (κ2) is 11.8. The number of hydrogen-bond donors (Lipinski definition) is 4. The fourth-order valence-corrected chi connectivity index (χ4v) is 3.31. The van der Waals surface area contributed by atoms with E-state index in [1.165, 1.54) is 24.1 Å². The van der Waals surface area contributed by atoms with Crippen molar-refractivity contribution in [1.29, 1.82) is 0 Å². The third-order valence-electron chi connectivity index (χ3n) is 3.78. The van der Waals surface area contributed by atoms with E-state index >= 15 is 0 Å². The van der Waals surface area contributed by atoms with Gasteiger partial charge in [-0.05, 0) is 29.9 Å². The van der Waals surface area contributed by atoms with Crippen LogP contribution in [0.2, 0.25) is 0 Å². The van der Waals surface area contributed by atoms with Gasteiger partial charge in [-0.15, -0.1) is 0 Å². The smallest absolute Gasteiger partial charge is 0.287 e. The molecule has 9 heteroatoms. The van der Waals surface area contributed by atoms with Crippen LogP contribution in [0, 0.1) is 0 Å². The van der Waals surface area contributed by atoms with Crippen LogP contribution in [0.15, 0.2) is 53.1 Å². The van der Waals surface area contributed by atoms with Crippen LogP contribution in [0.25, 0.3) is 0 Å². The highest BCUT2D eigenvalue weighted by Gasteiger charge is 2.22. The van der Waals surface area contributed by atoms with Crippen molar-refractivity contribution in [3.63, 3.8) is 0 Å². The standard InChI is InChI=1S/C19H23N3O5S/c23-17(22-26)9-5-11-28-13-15(21-19(25)16-8-4-10-27-16)18(24)20-12-14-6-2-1-3-7-14/h1-4,6-8,10,15,26H,5,9,11-13H2,(H,20,24)(H,21,25)(H,22,23)/t15-/m0/s1. The zero-order valence-electron chi connectivity index (χ0n) is 15.2. The summed E-state index contributed by atoms with van der Waals surface area (Å²) in [6.07, 6.45) is 2.12. The fourth-order valence-electron chi connectivity index (χ4n) is 2.32. The van der Waals surface area contributed by atoms with Crippen LogP contribution in [0.3, 0.4) is 0 Å². The van der Waals surface area contributed by atoms with Crippen molar-refractivity contribution in [2.24, 2.45) is 0 Å². The summed E-state index contributed by atoms with van der Waals surface area (Å²) in [5.41, 5.74) is 2.53. The maximum absolute atomic E-state index is 12.6. The molecule has 0 unspecified atom stereocenters. The Labute approximate surface area is 167 Å². The van der Waals surface area contributed by atoms with Crippen LogP contribution >= 0.6 is 11.8 Å². The van der Waals surface area contributed by atoms with E-state index in [1.54, 1.807) is 11.5 Å². The molecule has 4 N–H and O–H groups in total. The number of benzene rings is 1. The van der Waals surface area contributed by atoms with Crippen LogP contribution in [-0.4, -0.2) is 40.5 Å². The van der Waals surface area contributed by atoms with Gasteiger partial charge in [0.15, 0.2) is 5.76 Å². The Hall–Kier alpha value is -2.78. The molecule has 0 spiro atoms. The van der Waals surface area contributed by atoms with Gasteiger partial charge in [-0.1, -0.05) is 30.3 Å². The summed E-state index contributed by atoms with van der Waals surface area (Å²) in [4.78, 5) is 35.8. The van der Waals surface area contributed by atoms with E-state index in [0.717, 1.165) is 5.56 Å². The Morgan fingerprint density at radius 1 is 1.11 bits per heavy atom. The van der Waals surface area contributed by atoms with E-state index in [4.69, 9.17) is 9.62 Å². The predicted octanol–water partition coefficient (Wildman–Crippen LogP) is 1.71. The van der Waals surface area contributed by atoms with E-state index in [9.17, 15) is 14.4 Å². The van der Waals surface area contributed by atoms with Crippen molar-refractivity contribution in [3.8, 4) is 0 Å². The quantitative estimate of drug-likeness (QED) is 0.257. The molecule has 28 heavy (non-hydrogen) atoms. The minimum Gasteiger partial charge on any atom is -0.459 e. The van der Waals surface area contributed by atoms with E-state index < -0.39 is 17.9 Å². The Bertz CT molecular complexity index is 752. The van der Waals surface area contributed by atoms with E-state index in [0.29, 0.717) is 24.5 Å². The Morgan fingerprint density at radius 3 is 2.57 bits per heavy atom. The molecule has 2 aromatic rings. The number of rotatable bonds is 11. The molecule has 8 nitrogen and oxygen atoms in total. The molecule has 0 fully saturated rings. The minimum absolute atomic E-state index is 0.130. The van der Waals surface area contributed by atoms with Crippen LogP contribution in [0.5, 0.6) is 0 Å². The first-order valence-electron chi connectivity index (χ1n) is 8.77. The number of carbonyl (C=O) groups is 3. The lowest BCUT2D eigenvalue weighted by atomic mass is 10.2. The second-order valence-electron chi connectivity index (χ2n) is 5.92. The van der Waals surface area contributed by atoms with Crippen molar-refractivity contribution in [2.75, 3.05) is 11.5 Å². The third kappa shape index (κ3) is 7.45. The van der Waals surface area contributed by atoms with Crippen LogP contribution in [-0.2, 0) is 16.1 Å². The largest absolute Gasteiger partial charge is 0.459 e. The van der Waals surface area contributed by atoms with Crippen molar-refractivity contribution in [2.45, 2.75) is 25.4 Å². The van der Waals surface area contributed by atoms with E-state index in [2.05, 4.69) is 10.6 Å². The van der Waals surface area contributed by atoms with E-state index in [-0.39, 0.29) is 18.1 Å². The van der Waals surface area contributed by atoms with Crippen molar-refractivity contribution in [1.82, 2.24) is 16.1 Å². The Balaban J connectivity index is 1.87. The molecule has 1 aromatic heterocycles.